The number of anilines is 1. The summed E-state index contributed by atoms with van der Waals surface area (Å²) in [5.74, 6) is -1.05. The molecule has 0 bridgehead atoms. The first-order valence-corrected chi connectivity index (χ1v) is 8.36. The Morgan fingerprint density at radius 1 is 1.14 bits per heavy atom. The Morgan fingerprint density at radius 2 is 1.86 bits per heavy atom. The van der Waals surface area contributed by atoms with Crippen molar-refractivity contribution >= 4 is 45.0 Å². The second-order valence-corrected chi connectivity index (χ2v) is 6.58. The highest BCUT2D eigenvalue weighted by Crippen LogP contribution is 2.25. The molecular formula is C16H10FIN2OS. The predicted octanol–water partition coefficient (Wildman–Crippen LogP) is 4.81. The molecule has 3 rings (SSSR count). The molecule has 3 aromatic rings. The van der Waals surface area contributed by atoms with Gasteiger partial charge < -0.3 is 0 Å². The lowest BCUT2D eigenvalue weighted by Crippen LogP contribution is -2.13. The topological polar surface area (TPSA) is 42.0 Å². The van der Waals surface area contributed by atoms with Crippen molar-refractivity contribution in [3.63, 3.8) is 0 Å². The van der Waals surface area contributed by atoms with Gasteiger partial charge in [0.1, 0.15) is 5.82 Å². The van der Waals surface area contributed by atoms with Crippen LogP contribution >= 0.6 is 33.9 Å². The van der Waals surface area contributed by atoms with Crippen LogP contribution in [0.5, 0.6) is 0 Å². The molecule has 0 aliphatic carbocycles. The van der Waals surface area contributed by atoms with Gasteiger partial charge in [-0.2, -0.15) is 0 Å². The standard InChI is InChI=1S/C16H10FIN2OS/c17-13-4-2-1-3-12(13)15(21)20-16-19-14(9-22-16)10-5-7-11(18)8-6-10/h1-9H,(H,19,20,21). The molecule has 0 saturated heterocycles. The van der Waals surface area contributed by atoms with Crippen molar-refractivity contribution in [1.82, 2.24) is 4.98 Å². The van der Waals surface area contributed by atoms with E-state index < -0.39 is 11.7 Å². The Labute approximate surface area is 144 Å². The Bertz CT molecular complexity index is 817. The molecule has 0 spiro atoms. The largest absolute Gasteiger partial charge is 0.298 e. The quantitative estimate of drug-likeness (QED) is 0.614. The lowest BCUT2D eigenvalue weighted by Gasteiger charge is -2.02. The molecule has 1 heterocycles. The van der Waals surface area contributed by atoms with Crippen LogP contribution in [-0.2, 0) is 0 Å². The molecule has 1 aromatic heterocycles. The highest BCUT2D eigenvalue weighted by Gasteiger charge is 2.13. The first kappa shape index (κ1) is 15.1. The van der Waals surface area contributed by atoms with E-state index in [1.165, 1.54) is 23.5 Å². The summed E-state index contributed by atoms with van der Waals surface area (Å²) in [7, 11) is 0. The van der Waals surface area contributed by atoms with Gasteiger partial charge in [0.15, 0.2) is 5.13 Å². The van der Waals surface area contributed by atoms with E-state index in [-0.39, 0.29) is 5.56 Å². The van der Waals surface area contributed by atoms with Crippen molar-refractivity contribution in [2.45, 2.75) is 0 Å². The Hall–Kier alpha value is -1.80. The number of hydrogen-bond acceptors (Lipinski definition) is 3. The summed E-state index contributed by atoms with van der Waals surface area (Å²) >= 11 is 3.55. The van der Waals surface area contributed by atoms with E-state index in [9.17, 15) is 9.18 Å². The molecule has 3 nitrogen and oxygen atoms in total. The van der Waals surface area contributed by atoms with Crippen molar-refractivity contribution in [2.75, 3.05) is 5.32 Å². The summed E-state index contributed by atoms with van der Waals surface area (Å²) in [6, 6.07) is 13.8. The van der Waals surface area contributed by atoms with Crippen LogP contribution < -0.4 is 5.32 Å². The molecular weight excluding hydrogens is 414 g/mol. The molecule has 1 N–H and O–H groups in total. The number of carbonyl (C=O) groups is 1. The van der Waals surface area contributed by atoms with Gasteiger partial charge in [-0.25, -0.2) is 9.37 Å². The molecule has 0 fully saturated rings. The van der Waals surface area contributed by atoms with Crippen molar-refractivity contribution in [2.24, 2.45) is 0 Å². The summed E-state index contributed by atoms with van der Waals surface area (Å²) in [5.41, 5.74) is 1.77. The van der Waals surface area contributed by atoms with Crippen LogP contribution in [0.25, 0.3) is 11.3 Å². The third-order valence-corrected chi connectivity index (χ3v) is 4.46. The molecule has 6 heteroatoms. The number of thiazole rings is 1. The highest BCUT2D eigenvalue weighted by atomic mass is 127. The first-order chi connectivity index (χ1) is 10.6. The van der Waals surface area contributed by atoms with E-state index in [1.807, 2.05) is 29.6 Å². The number of halogens is 2. The zero-order valence-corrected chi connectivity index (χ0v) is 14.2. The number of hydrogen-bond donors (Lipinski definition) is 1. The van der Waals surface area contributed by atoms with Crippen LogP contribution in [0.1, 0.15) is 10.4 Å². The van der Waals surface area contributed by atoms with Crippen molar-refractivity contribution < 1.29 is 9.18 Å². The van der Waals surface area contributed by atoms with Gasteiger partial charge in [-0.05, 0) is 46.9 Å². The van der Waals surface area contributed by atoms with Crippen molar-refractivity contribution in [1.29, 1.82) is 0 Å². The molecule has 22 heavy (non-hydrogen) atoms. The smallest absolute Gasteiger partial charge is 0.260 e. The van der Waals surface area contributed by atoms with E-state index in [0.717, 1.165) is 14.8 Å². The average Bonchev–Trinajstić information content (AvgIpc) is 2.97. The fourth-order valence-electron chi connectivity index (χ4n) is 1.89. The summed E-state index contributed by atoms with van der Waals surface area (Å²) < 4.78 is 14.7. The van der Waals surface area contributed by atoms with Crippen LogP contribution in [0.4, 0.5) is 9.52 Å². The Balaban J connectivity index is 1.78. The normalized spacial score (nSPS) is 10.5. The van der Waals surface area contributed by atoms with Crippen LogP contribution in [-0.4, -0.2) is 10.9 Å². The van der Waals surface area contributed by atoms with Crippen molar-refractivity contribution in [3.05, 3.63) is 68.9 Å². The van der Waals surface area contributed by atoms with Crippen LogP contribution in [0, 0.1) is 9.39 Å². The number of amides is 1. The van der Waals surface area contributed by atoms with Gasteiger partial charge >= 0.3 is 0 Å². The average molecular weight is 424 g/mol. The minimum Gasteiger partial charge on any atom is -0.298 e. The molecule has 2 aromatic carbocycles. The molecule has 1 amide bonds. The van der Waals surface area contributed by atoms with E-state index in [0.29, 0.717) is 5.13 Å². The fraction of sp³-hybridized carbons (Fsp3) is 0. The molecule has 0 aliphatic rings. The number of nitrogens with one attached hydrogen (secondary N) is 1. The summed E-state index contributed by atoms with van der Waals surface area (Å²) in [6.45, 7) is 0. The monoisotopic (exact) mass is 424 g/mol. The Morgan fingerprint density at radius 3 is 2.59 bits per heavy atom. The van der Waals surface area contributed by atoms with Gasteiger partial charge in [-0.15, -0.1) is 11.3 Å². The molecule has 0 unspecified atom stereocenters. The van der Waals surface area contributed by atoms with Gasteiger partial charge in [0.05, 0.1) is 11.3 Å². The minimum absolute atomic E-state index is 0.00788. The zero-order chi connectivity index (χ0) is 15.5. The van der Waals surface area contributed by atoms with E-state index in [1.54, 1.807) is 12.1 Å². The van der Waals surface area contributed by atoms with E-state index in [4.69, 9.17) is 0 Å². The van der Waals surface area contributed by atoms with Crippen LogP contribution in [0.15, 0.2) is 53.9 Å². The maximum absolute atomic E-state index is 13.6. The maximum atomic E-state index is 13.6. The fourth-order valence-corrected chi connectivity index (χ4v) is 2.97. The highest BCUT2D eigenvalue weighted by molar-refractivity contribution is 14.1. The summed E-state index contributed by atoms with van der Waals surface area (Å²) in [5, 5.41) is 4.93. The molecule has 0 aliphatic heterocycles. The van der Waals surface area contributed by atoms with Gasteiger partial charge in [0, 0.05) is 14.5 Å². The second kappa shape index (κ2) is 6.53. The van der Waals surface area contributed by atoms with E-state index in [2.05, 4.69) is 32.9 Å². The lowest BCUT2D eigenvalue weighted by molar-refractivity contribution is 0.102. The van der Waals surface area contributed by atoms with Gasteiger partial charge in [0.25, 0.3) is 5.91 Å². The zero-order valence-electron chi connectivity index (χ0n) is 11.2. The molecule has 0 atom stereocenters. The molecule has 0 saturated carbocycles. The van der Waals surface area contributed by atoms with Crippen LogP contribution in [0.3, 0.4) is 0 Å². The third kappa shape index (κ3) is 3.33. The summed E-state index contributed by atoms with van der Waals surface area (Å²) in [6.07, 6.45) is 0. The number of rotatable bonds is 3. The summed E-state index contributed by atoms with van der Waals surface area (Å²) in [4.78, 5) is 16.4. The SMILES string of the molecule is O=C(Nc1nc(-c2ccc(I)cc2)cs1)c1ccccc1F. The Kier molecular flexibility index (Phi) is 4.49. The molecule has 110 valence electrons. The lowest BCUT2D eigenvalue weighted by atomic mass is 10.2. The number of nitrogens with zero attached hydrogens (tertiary/aromatic N) is 1. The number of carbonyl (C=O) groups excluding carboxylic acids is 1. The predicted molar refractivity (Wildman–Crippen MR) is 94.6 cm³/mol. The third-order valence-electron chi connectivity index (χ3n) is 2.98. The number of benzene rings is 2. The minimum atomic E-state index is -0.547. The van der Waals surface area contributed by atoms with Gasteiger partial charge in [-0.1, -0.05) is 24.3 Å². The number of aromatic nitrogens is 1. The van der Waals surface area contributed by atoms with E-state index >= 15 is 0 Å². The van der Waals surface area contributed by atoms with Gasteiger partial charge in [0.2, 0.25) is 0 Å². The van der Waals surface area contributed by atoms with Gasteiger partial charge in [-0.3, -0.25) is 10.1 Å². The van der Waals surface area contributed by atoms with Crippen LogP contribution in [0.2, 0.25) is 0 Å². The molecule has 0 radical (unpaired) electrons. The second-order valence-electron chi connectivity index (χ2n) is 4.48. The maximum Gasteiger partial charge on any atom is 0.260 e. The first-order valence-electron chi connectivity index (χ1n) is 6.41. The van der Waals surface area contributed by atoms with Crippen molar-refractivity contribution in [3.8, 4) is 11.3 Å².